The van der Waals surface area contributed by atoms with Gasteiger partial charge in [-0.15, -0.1) is 68.6 Å². The number of fused-ring (bicyclic) bond motifs is 2. The first-order chi connectivity index (χ1) is 18.8. The number of benzene rings is 4. The normalized spacial score (nSPS) is 10.2. The Morgan fingerprint density at radius 2 is 1.29 bits per heavy atom. The zero-order valence-corrected chi connectivity index (χ0v) is 29.4. The van der Waals surface area contributed by atoms with E-state index in [4.69, 9.17) is 0 Å². The van der Waals surface area contributed by atoms with Gasteiger partial charge in [0.05, 0.1) is 0 Å². The molecule has 0 nitrogen and oxygen atoms in total. The van der Waals surface area contributed by atoms with Crippen LogP contribution in [-0.2, 0) is 23.3 Å². The predicted octanol–water partition coefficient (Wildman–Crippen LogP) is 11.3. The Balaban J connectivity index is 0.000000259. The van der Waals surface area contributed by atoms with Gasteiger partial charge in [0.25, 0.3) is 0 Å². The van der Waals surface area contributed by atoms with E-state index in [0.717, 1.165) is 0 Å². The molecular formula is C39H42SiZr-4. The SMILES string of the molecule is CC(C)c1cc2c(-c3ccccc3)cccc2[cH-]1.Cc1ccc(-c2ccc(C)c3[cH-]c(C)cc23)c(C)c1.[CH3-].[CH3-].[Si]=[Zr]. The Bertz CT molecular complexity index is 1700. The van der Waals surface area contributed by atoms with E-state index in [-0.39, 0.29) is 14.9 Å². The minimum atomic E-state index is 0. The van der Waals surface area contributed by atoms with Crippen LogP contribution in [0.1, 0.15) is 47.6 Å². The van der Waals surface area contributed by atoms with Crippen LogP contribution in [0.2, 0.25) is 0 Å². The van der Waals surface area contributed by atoms with Crippen LogP contribution < -0.4 is 0 Å². The molecular weight excluding hydrogens is 588 g/mol. The van der Waals surface area contributed by atoms with Crippen molar-refractivity contribution in [3.63, 3.8) is 0 Å². The number of aryl methyl sites for hydroxylation is 4. The van der Waals surface area contributed by atoms with Crippen molar-refractivity contribution in [3.8, 4) is 22.3 Å². The van der Waals surface area contributed by atoms with Crippen molar-refractivity contribution >= 4 is 28.4 Å². The molecule has 0 aliphatic rings. The minimum absolute atomic E-state index is 0. The molecule has 2 radical (unpaired) electrons. The maximum absolute atomic E-state index is 3.06. The quantitative estimate of drug-likeness (QED) is 0.135. The van der Waals surface area contributed by atoms with E-state index in [0.29, 0.717) is 5.92 Å². The second kappa shape index (κ2) is 15.4. The summed E-state index contributed by atoms with van der Waals surface area (Å²) >= 11 is 1.36. The van der Waals surface area contributed by atoms with Gasteiger partial charge in [-0.25, -0.2) is 0 Å². The molecule has 0 saturated carbocycles. The summed E-state index contributed by atoms with van der Waals surface area (Å²) in [6.45, 7) is 16.3. The molecule has 0 spiro atoms. The maximum atomic E-state index is 3.06. The number of hydrogen-bond donors (Lipinski definition) is 0. The molecule has 0 unspecified atom stereocenters. The zero-order valence-electron chi connectivity index (χ0n) is 25.9. The summed E-state index contributed by atoms with van der Waals surface area (Å²) in [6, 6.07) is 37.6. The van der Waals surface area contributed by atoms with Crippen molar-refractivity contribution in [2.24, 2.45) is 0 Å². The standard InChI is InChI=1S/C19H19.C18H17.2CH3.Si.Zr/c1-12-5-7-16(15(4)9-12)17-8-6-14(3)18-10-13(2)11-19(17)18;1-13(2)16-11-15-9-6-10-17(18(15)12-16)14-7-4-3-5-8-14;;;;/h5-11H,1-4H3;3-13H,1-2H3;2*1H3;;/q4*-1;;. The summed E-state index contributed by atoms with van der Waals surface area (Å²) in [5.41, 5.74) is 12.1. The third-order valence-electron chi connectivity index (χ3n) is 7.45. The molecule has 0 aliphatic heterocycles. The zero-order chi connectivity index (χ0) is 28.1. The molecule has 0 saturated heterocycles. The molecule has 210 valence electrons. The van der Waals surface area contributed by atoms with E-state index in [1.165, 1.54) is 95.0 Å². The van der Waals surface area contributed by atoms with Crippen molar-refractivity contribution in [2.45, 2.75) is 47.5 Å². The molecule has 0 aromatic heterocycles. The second-order valence-corrected chi connectivity index (χ2v) is 10.7. The van der Waals surface area contributed by atoms with E-state index in [9.17, 15) is 0 Å². The first-order valence-corrected chi connectivity index (χ1v) is 17.7. The van der Waals surface area contributed by atoms with Crippen molar-refractivity contribution in [3.05, 3.63) is 146 Å². The number of hydrogen-bond acceptors (Lipinski definition) is 0. The van der Waals surface area contributed by atoms with Crippen LogP contribution in [0.4, 0.5) is 0 Å². The molecule has 6 aromatic carbocycles. The molecule has 6 rings (SSSR count). The molecule has 0 amide bonds. The average Bonchev–Trinajstić information content (AvgIpc) is 3.56. The van der Waals surface area contributed by atoms with Crippen molar-refractivity contribution in [1.82, 2.24) is 0 Å². The molecule has 0 N–H and O–H groups in total. The summed E-state index contributed by atoms with van der Waals surface area (Å²) in [5, 5.41) is 5.48. The molecule has 0 aliphatic carbocycles. The van der Waals surface area contributed by atoms with Gasteiger partial charge in [-0.3, -0.25) is 0 Å². The first-order valence-electron chi connectivity index (χ1n) is 13.6. The molecule has 0 bridgehead atoms. The van der Waals surface area contributed by atoms with E-state index in [1.807, 2.05) is 0 Å². The van der Waals surface area contributed by atoms with Crippen molar-refractivity contribution in [1.29, 1.82) is 0 Å². The van der Waals surface area contributed by atoms with Crippen molar-refractivity contribution < 1.29 is 23.3 Å². The van der Waals surface area contributed by atoms with Crippen LogP contribution in [0, 0.1) is 42.5 Å². The Labute approximate surface area is 265 Å². The second-order valence-electron chi connectivity index (χ2n) is 10.7. The van der Waals surface area contributed by atoms with Gasteiger partial charge in [0.15, 0.2) is 0 Å². The fourth-order valence-corrected chi connectivity index (χ4v) is 5.40. The van der Waals surface area contributed by atoms with Gasteiger partial charge in [-0.1, -0.05) is 105 Å². The number of rotatable bonds is 3. The Morgan fingerprint density at radius 3 is 1.95 bits per heavy atom. The molecule has 0 atom stereocenters. The molecule has 41 heavy (non-hydrogen) atoms. The van der Waals surface area contributed by atoms with Gasteiger partial charge in [0, 0.05) is 0 Å². The fourth-order valence-electron chi connectivity index (χ4n) is 5.40. The van der Waals surface area contributed by atoms with Gasteiger partial charge >= 0.3 is 30.2 Å². The monoisotopic (exact) mass is 628 g/mol. The third kappa shape index (κ3) is 7.73. The van der Waals surface area contributed by atoms with E-state index < -0.39 is 0 Å². The van der Waals surface area contributed by atoms with Gasteiger partial charge in [0.1, 0.15) is 0 Å². The van der Waals surface area contributed by atoms with Gasteiger partial charge in [-0.05, 0) is 36.5 Å². The van der Waals surface area contributed by atoms with Crippen LogP contribution in [0.3, 0.4) is 0 Å². The third-order valence-corrected chi connectivity index (χ3v) is 7.45. The van der Waals surface area contributed by atoms with Crippen LogP contribution in [0.15, 0.2) is 103 Å². The summed E-state index contributed by atoms with van der Waals surface area (Å²) in [4.78, 5) is 0. The van der Waals surface area contributed by atoms with Crippen molar-refractivity contribution in [2.75, 3.05) is 0 Å². The molecule has 6 aromatic rings. The summed E-state index contributed by atoms with van der Waals surface area (Å²) in [7, 11) is 0. The van der Waals surface area contributed by atoms with Crippen LogP contribution in [0.25, 0.3) is 43.8 Å². The molecule has 0 heterocycles. The van der Waals surface area contributed by atoms with E-state index in [1.54, 1.807) is 0 Å². The molecule has 2 heteroatoms. The molecule has 0 fully saturated rings. The van der Waals surface area contributed by atoms with Crippen LogP contribution in [-0.4, -0.2) is 6.88 Å². The fraction of sp³-hybridized carbons (Fsp3) is 0.179. The summed E-state index contributed by atoms with van der Waals surface area (Å²) in [5.74, 6) is 0.584. The summed E-state index contributed by atoms with van der Waals surface area (Å²) < 4.78 is 0. The topological polar surface area (TPSA) is 0 Å². The van der Waals surface area contributed by atoms with Gasteiger partial charge in [0.2, 0.25) is 0 Å². The Hall–Kier alpha value is -2.80. The Kier molecular flexibility index (Phi) is 13.0. The van der Waals surface area contributed by atoms with E-state index in [2.05, 4.69) is 152 Å². The van der Waals surface area contributed by atoms with Crippen LogP contribution in [0.5, 0.6) is 0 Å². The van der Waals surface area contributed by atoms with Crippen LogP contribution >= 0.6 is 0 Å². The predicted molar refractivity (Wildman–Crippen MR) is 182 cm³/mol. The Morgan fingerprint density at radius 1 is 0.610 bits per heavy atom. The summed E-state index contributed by atoms with van der Waals surface area (Å²) in [6.07, 6.45) is 0. The van der Waals surface area contributed by atoms with Gasteiger partial charge < -0.3 is 14.9 Å². The average molecular weight is 630 g/mol. The van der Waals surface area contributed by atoms with Gasteiger partial charge in [-0.2, -0.15) is 12.1 Å². The first kappa shape index (κ1) is 34.4. The van der Waals surface area contributed by atoms with E-state index >= 15 is 0 Å².